The number of hydrogen-bond donors (Lipinski definition) is 0. The summed E-state index contributed by atoms with van der Waals surface area (Å²) in [6.07, 6.45) is 0.864. The van der Waals surface area contributed by atoms with Crippen molar-refractivity contribution in [2.45, 2.75) is 13.0 Å². The van der Waals surface area contributed by atoms with E-state index in [0.29, 0.717) is 24.4 Å². The van der Waals surface area contributed by atoms with Gasteiger partial charge in [0.05, 0.1) is 0 Å². The van der Waals surface area contributed by atoms with Gasteiger partial charge in [-0.25, -0.2) is 4.79 Å². The van der Waals surface area contributed by atoms with E-state index in [1.54, 1.807) is 24.3 Å². The van der Waals surface area contributed by atoms with Gasteiger partial charge in [0.25, 0.3) is 5.91 Å². The first-order chi connectivity index (χ1) is 12.2. The van der Waals surface area contributed by atoms with Gasteiger partial charge in [0, 0.05) is 30.6 Å². The van der Waals surface area contributed by atoms with Crippen LogP contribution in [0.3, 0.4) is 0 Å². The van der Waals surface area contributed by atoms with Gasteiger partial charge in [0.1, 0.15) is 11.3 Å². The highest BCUT2D eigenvalue weighted by Gasteiger charge is 2.20. The lowest BCUT2D eigenvalue weighted by Gasteiger charge is -2.28. The summed E-state index contributed by atoms with van der Waals surface area (Å²) in [4.78, 5) is 25.5. The molecule has 0 bridgehead atoms. The Balaban J connectivity index is 1.43. The first kappa shape index (κ1) is 15.4. The van der Waals surface area contributed by atoms with Crippen LogP contribution in [-0.4, -0.2) is 24.0 Å². The summed E-state index contributed by atoms with van der Waals surface area (Å²) in [5.41, 5.74) is 2.53. The summed E-state index contributed by atoms with van der Waals surface area (Å²) in [5, 5.41) is 0.811. The van der Waals surface area contributed by atoms with Crippen molar-refractivity contribution in [3.63, 3.8) is 0 Å². The second-order valence-electron chi connectivity index (χ2n) is 6.08. The van der Waals surface area contributed by atoms with Crippen LogP contribution < -0.4 is 10.4 Å². The van der Waals surface area contributed by atoms with Gasteiger partial charge >= 0.3 is 5.63 Å². The van der Waals surface area contributed by atoms with Crippen molar-refractivity contribution in [3.05, 3.63) is 76.1 Å². The Morgan fingerprint density at radius 2 is 1.88 bits per heavy atom. The Kier molecular flexibility index (Phi) is 3.98. The summed E-state index contributed by atoms with van der Waals surface area (Å²) in [5.74, 6) is 0.455. The summed E-state index contributed by atoms with van der Waals surface area (Å²) >= 11 is 0. The molecular weight excluding hydrogens is 318 g/mol. The van der Waals surface area contributed by atoms with Crippen molar-refractivity contribution in [3.8, 4) is 5.75 Å². The van der Waals surface area contributed by atoms with E-state index in [1.165, 1.54) is 17.2 Å². The molecule has 0 fully saturated rings. The molecule has 1 aromatic heterocycles. The maximum Gasteiger partial charge on any atom is 0.336 e. The van der Waals surface area contributed by atoms with Gasteiger partial charge in [-0.1, -0.05) is 24.3 Å². The van der Waals surface area contributed by atoms with E-state index in [4.69, 9.17) is 9.15 Å². The third-order valence-corrected chi connectivity index (χ3v) is 4.44. The predicted octanol–water partition coefficient (Wildman–Crippen LogP) is 2.76. The molecule has 1 amide bonds. The molecule has 2 heterocycles. The Hall–Kier alpha value is -3.08. The third-order valence-electron chi connectivity index (χ3n) is 4.44. The predicted molar refractivity (Wildman–Crippen MR) is 93.5 cm³/mol. The molecule has 25 heavy (non-hydrogen) atoms. The van der Waals surface area contributed by atoms with Crippen molar-refractivity contribution in [1.29, 1.82) is 0 Å². The highest BCUT2D eigenvalue weighted by molar-refractivity contribution is 5.79. The highest BCUT2D eigenvalue weighted by atomic mass is 16.5. The van der Waals surface area contributed by atoms with Crippen LogP contribution in [0.1, 0.15) is 11.1 Å². The number of carbonyl (C=O) groups is 1. The molecule has 0 N–H and O–H groups in total. The van der Waals surface area contributed by atoms with Crippen molar-refractivity contribution in [1.82, 2.24) is 4.90 Å². The number of benzene rings is 2. The fraction of sp³-hybridized carbons (Fsp3) is 0.200. The molecular formula is C20H17NO4. The number of hydrogen-bond acceptors (Lipinski definition) is 4. The second kappa shape index (κ2) is 6.43. The molecule has 5 nitrogen and oxygen atoms in total. The van der Waals surface area contributed by atoms with Crippen LogP contribution in [0.5, 0.6) is 5.75 Å². The fourth-order valence-corrected chi connectivity index (χ4v) is 3.08. The maximum atomic E-state index is 12.4. The number of rotatable bonds is 3. The van der Waals surface area contributed by atoms with Crippen LogP contribution in [0.4, 0.5) is 0 Å². The molecule has 126 valence electrons. The summed E-state index contributed by atoms with van der Waals surface area (Å²) in [6.45, 7) is 1.28. The van der Waals surface area contributed by atoms with Gasteiger partial charge in [-0.2, -0.15) is 0 Å². The lowest BCUT2D eigenvalue weighted by atomic mass is 10.00. The zero-order valence-electron chi connectivity index (χ0n) is 13.6. The van der Waals surface area contributed by atoms with Gasteiger partial charge in [0.15, 0.2) is 6.61 Å². The number of nitrogens with zero attached hydrogens (tertiary/aromatic N) is 1. The Bertz CT molecular complexity index is 992. The highest BCUT2D eigenvalue weighted by Crippen LogP contribution is 2.21. The van der Waals surface area contributed by atoms with Crippen molar-refractivity contribution < 1.29 is 13.9 Å². The quantitative estimate of drug-likeness (QED) is 0.691. The molecule has 3 aromatic rings. The van der Waals surface area contributed by atoms with Gasteiger partial charge in [0.2, 0.25) is 0 Å². The average Bonchev–Trinajstić information content (AvgIpc) is 2.65. The minimum Gasteiger partial charge on any atom is -0.484 e. The van der Waals surface area contributed by atoms with Crippen LogP contribution in [0, 0.1) is 0 Å². The average molecular weight is 335 g/mol. The second-order valence-corrected chi connectivity index (χ2v) is 6.08. The molecule has 4 rings (SSSR count). The molecule has 5 heteroatoms. The summed E-state index contributed by atoms with van der Waals surface area (Å²) in [6, 6.07) is 16.5. The molecule has 0 radical (unpaired) electrons. The third kappa shape index (κ3) is 3.26. The van der Waals surface area contributed by atoms with Gasteiger partial charge in [-0.3, -0.25) is 4.79 Å². The summed E-state index contributed by atoms with van der Waals surface area (Å²) in [7, 11) is 0. The molecule has 0 unspecified atom stereocenters. The molecule has 2 aromatic carbocycles. The number of amides is 1. The monoisotopic (exact) mass is 335 g/mol. The van der Waals surface area contributed by atoms with E-state index in [2.05, 4.69) is 12.1 Å². The Morgan fingerprint density at radius 1 is 1.08 bits per heavy atom. The van der Waals surface area contributed by atoms with Crippen LogP contribution in [0.25, 0.3) is 11.0 Å². The van der Waals surface area contributed by atoms with E-state index in [0.717, 1.165) is 11.8 Å². The molecule has 0 spiro atoms. The van der Waals surface area contributed by atoms with Crippen LogP contribution in [-0.2, 0) is 17.8 Å². The van der Waals surface area contributed by atoms with Gasteiger partial charge in [-0.05, 0) is 35.7 Å². The topological polar surface area (TPSA) is 59.8 Å². The summed E-state index contributed by atoms with van der Waals surface area (Å²) < 4.78 is 10.7. The SMILES string of the molecule is O=C(COc1ccc2ccc(=O)oc2c1)N1CCc2ccccc2C1. The normalized spacial score (nSPS) is 13.5. The molecule has 0 aliphatic carbocycles. The molecule has 0 atom stereocenters. The van der Waals surface area contributed by atoms with E-state index >= 15 is 0 Å². The van der Waals surface area contributed by atoms with Crippen LogP contribution in [0.15, 0.2) is 63.8 Å². The minimum absolute atomic E-state index is 0.0370. The van der Waals surface area contributed by atoms with E-state index in [9.17, 15) is 9.59 Å². The first-order valence-corrected chi connectivity index (χ1v) is 8.20. The zero-order chi connectivity index (χ0) is 17.2. The van der Waals surface area contributed by atoms with Gasteiger partial charge in [-0.15, -0.1) is 0 Å². The van der Waals surface area contributed by atoms with Crippen LogP contribution in [0.2, 0.25) is 0 Å². The number of carbonyl (C=O) groups excluding carboxylic acids is 1. The Labute approximate surface area is 144 Å². The minimum atomic E-state index is -0.410. The smallest absolute Gasteiger partial charge is 0.336 e. The zero-order valence-corrected chi connectivity index (χ0v) is 13.6. The van der Waals surface area contributed by atoms with E-state index in [1.807, 2.05) is 17.0 Å². The number of ether oxygens (including phenoxy) is 1. The maximum absolute atomic E-state index is 12.4. The van der Waals surface area contributed by atoms with Crippen LogP contribution >= 0.6 is 0 Å². The van der Waals surface area contributed by atoms with Crippen molar-refractivity contribution >= 4 is 16.9 Å². The fourth-order valence-electron chi connectivity index (χ4n) is 3.08. The first-order valence-electron chi connectivity index (χ1n) is 8.20. The van der Waals surface area contributed by atoms with Crippen molar-refractivity contribution in [2.24, 2.45) is 0 Å². The standard InChI is InChI=1S/C20H17NO4/c22-19(21-10-9-14-3-1-2-4-16(14)12-21)13-24-17-7-5-15-6-8-20(23)25-18(15)11-17/h1-8,11H,9-10,12-13H2. The number of fused-ring (bicyclic) bond motifs is 2. The van der Waals surface area contributed by atoms with E-state index < -0.39 is 5.63 Å². The van der Waals surface area contributed by atoms with Gasteiger partial charge < -0.3 is 14.1 Å². The molecule has 1 aliphatic rings. The van der Waals surface area contributed by atoms with Crippen molar-refractivity contribution in [2.75, 3.05) is 13.2 Å². The molecule has 0 saturated carbocycles. The lowest BCUT2D eigenvalue weighted by Crippen LogP contribution is -2.38. The van der Waals surface area contributed by atoms with E-state index in [-0.39, 0.29) is 12.5 Å². The lowest BCUT2D eigenvalue weighted by molar-refractivity contribution is -0.134. The molecule has 1 aliphatic heterocycles. The Morgan fingerprint density at radius 3 is 2.76 bits per heavy atom. The molecule has 0 saturated heterocycles. The largest absolute Gasteiger partial charge is 0.484 e.